The van der Waals surface area contributed by atoms with E-state index in [1.807, 2.05) is 24.3 Å². The molecule has 0 radical (unpaired) electrons. The summed E-state index contributed by atoms with van der Waals surface area (Å²) in [6.07, 6.45) is 0.994. The second kappa shape index (κ2) is 5.56. The van der Waals surface area contributed by atoms with Gasteiger partial charge in [0, 0.05) is 13.0 Å². The maximum absolute atomic E-state index is 8.76. The van der Waals surface area contributed by atoms with Crippen molar-refractivity contribution in [3.8, 4) is 0 Å². The van der Waals surface area contributed by atoms with Crippen LogP contribution >= 0.6 is 0 Å². The predicted molar refractivity (Wildman–Crippen MR) is 62.2 cm³/mol. The highest BCUT2D eigenvalue weighted by molar-refractivity contribution is 5.28. The van der Waals surface area contributed by atoms with E-state index in [1.165, 1.54) is 0 Å². The van der Waals surface area contributed by atoms with Gasteiger partial charge in [-0.1, -0.05) is 29.4 Å². The molecule has 90 valence electrons. The molecule has 1 heterocycles. The third kappa shape index (κ3) is 2.89. The number of nitrogens with two attached hydrogens (primary N) is 1. The first kappa shape index (κ1) is 11.8. The molecule has 1 aromatic heterocycles. The molecular weight excluding hydrogens is 218 g/mol. The molecule has 5 nitrogen and oxygen atoms in total. The van der Waals surface area contributed by atoms with Crippen LogP contribution in [0, 0.1) is 0 Å². The van der Waals surface area contributed by atoms with E-state index in [1.54, 1.807) is 0 Å². The van der Waals surface area contributed by atoms with Crippen LogP contribution in [0.4, 0.5) is 0 Å². The lowest BCUT2D eigenvalue weighted by Gasteiger charge is -2.03. The molecule has 3 N–H and O–H groups in total. The highest BCUT2D eigenvalue weighted by atomic mass is 16.5. The molecule has 0 aliphatic carbocycles. The molecule has 2 aromatic rings. The summed E-state index contributed by atoms with van der Waals surface area (Å²) < 4.78 is 5.11. The first-order valence-electron chi connectivity index (χ1n) is 5.52. The average Bonchev–Trinajstić information content (AvgIpc) is 2.78. The fraction of sp³-hybridized carbons (Fsp3) is 0.333. The molecule has 1 aromatic carbocycles. The van der Waals surface area contributed by atoms with E-state index in [4.69, 9.17) is 15.4 Å². The Labute approximate surface area is 99.3 Å². The van der Waals surface area contributed by atoms with Crippen LogP contribution in [-0.4, -0.2) is 21.9 Å². The van der Waals surface area contributed by atoms with Crippen molar-refractivity contribution in [2.24, 2.45) is 5.73 Å². The van der Waals surface area contributed by atoms with Crippen molar-refractivity contribution in [3.63, 3.8) is 0 Å². The maximum atomic E-state index is 8.76. The van der Waals surface area contributed by atoms with Gasteiger partial charge >= 0.3 is 0 Å². The van der Waals surface area contributed by atoms with E-state index in [2.05, 4.69) is 10.1 Å². The van der Waals surface area contributed by atoms with Crippen LogP contribution < -0.4 is 5.73 Å². The molecule has 0 aliphatic rings. The minimum atomic E-state index is 0.0262. The lowest BCUT2D eigenvalue weighted by molar-refractivity contribution is 0.293. The predicted octanol–water partition coefficient (Wildman–Crippen LogP) is 0.654. The normalized spacial score (nSPS) is 10.7. The lowest BCUT2D eigenvalue weighted by Crippen LogP contribution is -2.02. The van der Waals surface area contributed by atoms with Crippen LogP contribution in [0.3, 0.4) is 0 Å². The average molecular weight is 233 g/mol. The van der Waals surface area contributed by atoms with Gasteiger partial charge in [0.2, 0.25) is 5.89 Å². The molecule has 0 fully saturated rings. The largest absolute Gasteiger partial charge is 0.396 e. The SMILES string of the molecule is NCc1ccccc1Cc1nc(CCO)no1. The summed E-state index contributed by atoms with van der Waals surface area (Å²) in [6, 6.07) is 7.90. The zero-order valence-electron chi connectivity index (χ0n) is 9.47. The number of hydrogen-bond acceptors (Lipinski definition) is 5. The van der Waals surface area contributed by atoms with Gasteiger partial charge in [0.05, 0.1) is 13.0 Å². The van der Waals surface area contributed by atoms with Crippen molar-refractivity contribution in [3.05, 3.63) is 47.1 Å². The number of aliphatic hydroxyl groups is 1. The summed E-state index contributed by atoms with van der Waals surface area (Å²) in [7, 11) is 0. The van der Waals surface area contributed by atoms with Gasteiger partial charge in [0.25, 0.3) is 0 Å². The number of nitrogens with zero attached hydrogens (tertiary/aromatic N) is 2. The third-order valence-electron chi connectivity index (χ3n) is 2.53. The maximum Gasteiger partial charge on any atom is 0.231 e. The fourth-order valence-corrected chi connectivity index (χ4v) is 1.66. The van der Waals surface area contributed by atoms with Crippen LogP contribution in [0.15, 0.2) is 28.8 Å². The molecule has 0 bridgehead atoms. The number of rotatable bonds is 5. The van der Waals surface area contributed by atoms with Crippen molar-refractivity contribution in [2.75, 3.05) is 6.61 Å². The van der Waals surface area contributed by atoms with E-state index >= 15 is 0 Å². The Morgan fingerprint density at radius 1 is 1.24 bits per heavy atom. The Balaban J connectivity index is 2.13. The Morgan fingerprint density at radius 3 is 2.71 bits per heavy atom. The van der Waals surface area contributed by atoms with Crippen molar-refractivity contribution in [1.82, 2.24) is 10.1 Å². The minimum absolute atomic E-state index is 0.0262. The van der Waals surface area contributed by atoms with Crippen molar-refractivity contribution in [2.45, 2.75) is 19.4 Å². The topological polar surface area (TPSA) is 85.2 Å². The monoisotopic (exact) mass is 233 g/mol. The smallest absolute Gasteiger partial charge is 0.231 e. The standard InChI is InChI=1S/C12H15N3O2/c13-8-10-4-2-1-3-9(10)7-12-14-11(5-6-16)15-17-12/h1-4,16H,5-8,13H2. The van der Waals surface area contributed by atoms with Crippen LogP contribution in [0.1, 0.15) is 22.8 Å². The summed E-state index contributed by atoms with van der Waals surface area (Å²) in [5.41, 5.74) is 7.83. The van der Waals surface area contributed by atoms with Crippen molar-refractivity contribution >= 4 is 0 Å². The number of aromatic nitrogens is 2. The third-order valence-corrected chi connectivity index (χ3v) is 2.53. The van der Waals surface area contributed by atoms with Gasteiger partial charge in [-0.05, 0) is 11.1 Å². The molecule has 0 unspecified atom stereocenters. The molecule has 0 spiro atoms. The second-order valence-electron chi connectivity index (χ2n) is 3.73. The van der Waals surface area contributed by atoms with Gasteiger partial charge in [-0.3, -0.25) is 0 Å². The summed E-state index contributed by atoms with van der Waals surface area (Å²) >= 11 is 0. The molecule has 0 aliphatic heterocycles. The first-order valence-corrected chi connectivity index (χ1v) is 5.52. The van der Waals surface area contributed by atoms with E-state index in [-0.39, 0.29) is 6.61 Å². The van der Waals surface area contributed by atoms with Gasteiger partial charge in [-0.25, -0.2) is 0 Å². The first-order chi connectivity index (χ1) is 8.33. The van der Waals surface area contributed by atoms with E-state index in [0.717, 1.165) is 11.1 Å². The zero-order valence-corrected chi connectivity index (χ0v) is 9.47. The van der Waals surface area contributed by atoms with Gasteiger partial charge in [-0.2, -0.15) is 4.98 Å². The van der Waals surface area contributed by atoms with Crippen LogP contribution in [-0.2, 0) is 19.4 Å². The molecular formula is C12H15N3O2. The Hall–Kier alpha value is -1.72. The van der Waals surface area contributed by atoms with Crippen molar-refractivity contribution in [1.29, 1.82) is 0 Å². The van der Waals surface area contributed by atoms with E-state index < -0.39 is 0 Å². The number of benzene rings is 1. The Bertz CT molecular complexity index is 482. The molecule has 0 saturated carbocycles. The molecule has 5 heteroatoms. The van der Waals surface area contributed by atoms with Crippen LogP contribution in [0.2, 0.25) is 0 Å². The number of aliphatic hydroxyl groups excluding tert-OH is 1. The van der Waals surface area contributed by atoms with Gasteiger partial charge in [0.1, 0.15) is 0 Å². The van der Waals surface area contributed by atoms with Gasteiger partial charge in [-0.15, -0.1) is 0 Å². The Kier molecular flexibility index (Phi) is 3.85. The zero-order chi connectivity index (χ0) is 12.1. The molecule has 17 heavy (non-hydrogen) atoms. The summed E-state index contributed by atoms with van der Waals surface area (Å²) in [4.78, 5) is 4.19. The second-order valence-corrected chi connectivity index (χ2v) is 3.73. The summed E-state index contributed by atoms with van der Waals surface area (Å²) in [5, 5.41) is 12.5. The van der Waals surface area contributed by atoms with E-state index in [9.17, 15) is 0 Å². The highest BCUT2D eigenvalue weighted by Crippen LogP contribution is 2.12. The lowest BCUT2D eigenvalue weighted by atomic mass is 10.0. The van der Waals surface area contributed by atoms with Crippen LogP contribution in [0.25, 0.3) is 0 Å². The molecule has 0 atom stereocenters. The Morgan fingerprint density at radius 2 is 2.00 bits per heavy atom. The van der Waals surface area contributed by atoms with Gasteiger partial charge in [0.15, 0.2) is 5.82 Å². The molecule has 0 amide bonds. The van der Waals surface area contributed by atoms with Gasteiger partial charge < -0.3 is 15.4 Å². The summed E-state index contributed by atoms with van der Waals surface area (Å²) in [6.45, 7) is 0.520. The van der Waals surface area contributed by atoms with E-state index in [0.29, 0.717) is 31.1 Å². The van der Waals surface area contributed by atoms with Crippen LogP contribution in [0.5, 0.6) is 0 Å². The quantitative estimate of drug-likeness (QED) is 0.792. The highest BCUT2D eigenvalue weighted by Gasteiger charge is 2.08. The molecule has 0 saturated heterocycles. The van der Waals surface area contributed by atoms with Crippen molar-refractivity contribution < 1.29 is 9.63 Å². The molecule has 2 rings (SSSR count). The minimum Gasteiger partial charge on any atom is -0.396 e. The summed E-state index contributed by atoms with van der Waals surface area (Å²) in [5.74, 6) is 1.09. The number of hydrogen-bond donors (Lipinski definition) is 2. The fourth-order valence-electron chi connectivity index (χ4n) is 1.66.